The smallest absolute Gasteiger partial charge is 0.408 e. The molecular formula is C28H49N5O8. The maximum Gasteiger partial charge on any atom is 0.408 e. The normalized spacial score (nSPS) is 20.4. The summed E-state index contributed by atoms with van der Waals surface area (Å²) in [6.07, 6.45) is 2.77. The molecule has 2 rings (SSSR count). The molecule has 2 fully saturated rings. The number of likely N-dealkylation sites (tertiary alicyclic amines) is 1. The lowest BCUT2D eigenvalue weighted by Gasteiger charge is -2.30. The Morgan fingerprint density at radius 1 is 0.976 bits per heavy atom. The van der Waals surface area contributed by atoms with Crippen LogP contribution in [-0.4, -0.2) is 90.4 Å². The third kappa shape index (κ3) is 11.7. The molecule has 1 unspecified atom stereocenters. The monoisotopic (exact) mass is 583 g/mol. The van der Waals surface area contributed by atoms with Crippen LogP contribution in [-0.2, 0) is 28.6 Å². The van der Waals surface area contributed by atoms with Gasteiger partial charge in [-0.15, -0.1) is 0 Å². The Morgan fingerprint density at radius 2 is 1.59 bits per heavy atom. The number of carbonyl (C=O) groups excluding carboxylic acids is 5. The lowest BCUT2D eigenvalue weighted by molar-refractivity contribution is -0.148. The van der Waals surface area contributed by atoms with Gasteiger partial charge in [0.1, 0.15) is 17.2 Å². The number of rotatable bonds is 12. The average Bonchev–Trinajstić information content (AvgIpc) is 3.55. The highest BCUT2D eigenvalue weighted by Gasteiger charge is 2.50. The number of unbranched alkanes of at least 4 members (excludes halogenated alkanes) is 1. The van der Waals surface area contributed by atoms with Crippen molar-refractivity contribution in [1.29, 1.82) is 0 Å². The molecule has 1 aliphatic carbocycles. The molecule has 0 aromatic rings. The molecule has 0 aromatic heterocycles. The van der Waals surface area contributed by atoms with Crippen molar-refractivity contribution in [2.24, 2.45) is 11.7 Å². The fraction of sp³-hybridized carbons (Fsp3) is 0.821. The van der Waals surface area contributed by atoms with Crippen molar-refractivity contribution < 1.29 is 38.2 Å². The number of carbonyl (C=O) groups is 5. The molecule has 13 nitrogen and oxygen atoms in total. The van der Waals surface area contributed by atoms with E-state index in [-0.39, 0.29) is 25.9 Å². The van der Waals surface area contributed by atoms with Crippen LogP contribution < -0.4 is 21.7 Å². The zero-order valence-electron chi connectivity index (χ0n) is 25.6. The summed E-state index contributed by atoms with van der Waals surface area (Å²) in [5.41, 5.74) is 3.22. The molecule has 3 atom stereocenters. The molecule has 4 amide bonds. The van der Waals surface area contributed by atoms with E-state index >= 15 is 0 Å². The molecule has 0 bridgehead atoms. The minimum Gasteiger partial charge on any atom is -0.467 e. The molecule has 1 aliphatic heterocycles. The van der Waals surface area contributed by atoms with Gasteiger partial charge in [-0.05, 0) is 73.1 Å². The number of methoxy groups -OCH3 is 1. The summed E-state index contributed by atoms with van der Waals surface area (Å²) in [4.78, 5) is 65.2. The van der Waals surface area contributed by atoms with Crippen molar-refractivity contribution in [3.05, 3.63) is 0 Å². The van der Waals surface area contributed by atoms with E-state index < -0.39 is 58.8 Å². The van der Waals surface area contributed by atoms with Crippen LogP contribution in [0.1, 0.15) is 86.5 Å². The van der Waals surface area contributed by atoms with Gasteiger partial charge in [0.05, 0.1) is 19.7 Å². The van der Waals surface area contributed by atoms with Crippen molar-refractivity contribution in [3.8, 4) is 0 Å². The third-order valence-corrected chi connectivity index (χ3v) is 6.72. The Morgan fingerprint density at radius 3 is 2.15 bits per heavy atom. The van der Waals surface area contributed by atoms with Gasteiger partial charge in [0, 0.05) is 19.5 Å². The first-order chi connectivity index (χ1) is 18.9. The molecule has 5 N–H and O–H groups in total. The zero-order chi connectivity index (χ0) is 31.0. The van der Waals surface area contributed by atoms with E-state index in [1.807, 2.05) is 0 Å². The topological polar surface area (TPSA) is 178 Å². The second-order valence-electron chi connectivity index (χ2n) is 13.0. The number of nitrogens with zero attached hydrogens (tertiary/aromatic N) is 1. The van der Waals surface area contributed by atoms with E-state index in [9.17, 15) is 24.0 Å². The SMILES string of the molecule is COC(=O)C1(NC(=O)OC(C)(C)C)CCN(C(=O)[C@@H](CCCCNC(=O)OC(C)(C)C)NC(=O)[C@H](N)CC2CC2)C1. The Hall–Kier alpha value is -3.09. The van der Waals surface area contributed by atoms with Gasteiger partial charge in [-0.3, -0.25) is 9.59 Å². The predicted molar refractivity (Wildman–Crippen MR) is 151 cm³/mol. The van der Waals surface area contributed by atoms with E-state index in [0.29, 0.717) is 31.7 Å². The lowest BCUT2D eigenvalue weighted by atomic mass is 9.99. The molecule has 0 aromatic carbocycles. The highest BCUT2D eigenvalue weighted by molar-refractivity contribution is 5.92. The first-order valence-corrected chi connectivity index (χ1v) is 14.4. The summed E-state index contributed by atoms with van der Waals surface area (Å²) in [7, 11) is 1.21. The van der Waals surface area contributed by atoms with Crippen molar-refractivity contribution in [2.45, 2.75) is 115 Å². The highest BCUT2D eigenvalue weighted by atomic mass is 16.6. The summed E-state index contributed by atoms with van der Waals surface area (Å²) < 4.78 is 15.5. The molecule has 41 heavy (non-hydrogen) atoms. The number of amides is 4. The first kappa shape index (κ1) is 34.1. The van der Waals surface area contributed by atoms with Gasteiger partial charge in [0.15, 0.2) is 5.54 Å². The molecule has 2 aliphatic rings. The number of nitrogens with two attached hydrogens (primary N) is 1. The van der Waals surface area contributed by atoms with Gasteiger partial charge in [0.25, 0.3) is 0 Å². The Labute approximate surface area is 242 Å². The van der Waals surface area contributed by atoms with Crippen molar-refractivity contribution in [2.75, 3.05) is 26.7 Å². The Balaban J connectivity index is 2.07. The largest absolute Gasteiger partial charge is 0.467 e. The summed E-state index contributed by atoms with van der Waals surface area (Å²) >= 11 is 0. The van der Waals surface area contributed by atoms with E-state index in [0.717, 1.165) is 12.8 Å². The fourth-order valence-electron chi connectivity index (χ4n) is 4.57. The minimum atomic E-state index is -1.49. The molecular weight excluding hydrogens is 534 g/mol. The average molecular weight is 584 g/mol. The molecule has 1 saturated carbocycles. The van der Waals surface area contributed by atoms with Gasteiger partial charge in [-0.25, -0.2) is 14.4 Å². The second-order valence-corrected chi connectivity index (χ2v) is 13.0. The van der Waals surface area contributed by atoms with Crippen LogP contribution in [0.15, 0.2) is 0 Å². The van der Waals surface area contributed by atoms with Crippen LogP contribution in [0.25, 0.3) is 0 Å². The van der Waals surface area contributed by atoms with Gasteiger partial charge >= 0.3 is 18.2 Å². The number of esters is 1. The van der Waals surface area contributed by atoms with Crippen LogP contribution in [0.4, 0.5) is 9.59 Å². The summed E-state index contributed by atoms with van der Waals surface area (Å²) in [6, 6.07) is -1.63. The highest BCUT2D eigenvalue weighted by Crippen LogP contribution is 2.33. The molecule has 0 radical (unpaired) electrons. The first-order valence-electron chi connectivity index (χ1n) is 14.4. The number of ether oxygens (including phenoxy) is 3. The summed E-state index contributed by atoms with van der Waals surface area (Å²) in [6.45, 7) is 10.8. The van der Waals surface area contributed by atoms with Gasteiger partial charge in [-0.1, -0.05) is 12.8 Å². The number of hydrogen-bond donors (Lipinski definition) is 4. The van der Waals surface area contributed by atoms with Gasteiger partial charge in [0.2, 0.25) is 11.8 Å². The van der Waals surface area contributed by atoms with Crippen LogP contribution in [0.3, 0.4) is 0 Å². The second kappa shape index (κ2) is 14.2. The van der Waals surface area contributed by atoms with Crippen LogP contribution in [0.5, 0.6) is 0 Å². The van der Waals surface area contributed by atoms with Crippen molar-refractivity contribution in [1.82, 2.24) is 20.9 Å². The maximum atomic E-state index is 13.7. The van der Waals surface area contributed by atoms with Crippen LogP contribution in [0.2, 0.25) is 0 Å². The number of nitrogens with one attached hydrogen (secondary N) is 3. The van der Waals surface area contributed by atoms with E-state index in [1.54, 1.807) is 41.5 Å². The maximum absolute atomic E-state index is 13.7. The van der Waals surface area contributed by atoms with Gasteiger partial charge < -0.3 is 40.8 Å². The number of alkyl carbamates (subject to hydrolysis) is 2. The number of hydrogen-bond acceptors (Lipinski definition) is 9. The standard InChI is InChI=1S/C28H49N5O8/c1-26(2,3)40-24(37)30-14-9-8-10-20(31-21(34)19(29)16-18-11-12-18)22(35)33-15-13-28(17-33,23(36)39-7)32-25(38)41-27(4,5)6/h18-20H,8-17,29H2,1-7H3,(H,30,37)(H,31,34)(H,32,38)/t19-,20-,28?/m1/s1. The summed E-state index contributed by atoms with van der Waals surface area (Å²) in [5, 5.41) is 8.09. The Kier molecular flexibility index (Phi) is 11.8. The fourth-order valence-corrected chi connectivity index (χ4v) is 4.57. The van der Waals surface area contributed by atoms with Crippen molar-refractivity contribution >= 4 is 30.0 Å². The van der Waals surface area contributed by atoms with E-state index in [1.165, 1.54) is 12.0 Å². The lowest BCUT2D eigenvalue weighted by Crippen LogP contribution is -2.59. The van der Waals surface area contributed by atoms with E-state index in [2.05, 4.69) is 16.0 Å². The van der Waals surface area contributed by atoms with Crippen LogP contribution in [0, 0.1) is 5.92 Å². The van der Waals surface area contributed by atoms with Crippen LogP contribution >= 0.6 is 0 Å². The minimum absolute atomic E-state index is 0.117. The molecule has 13 heteroatoms. The van der Waals surface area contributed by atoms with Gasteiger partial charge in [-0.2, -0.15) is 0 Å². The zero-order valence-corrected chi connectivity index (χ0v) is 25.6. The summed E-state index contributed by atoms with van der Waals surface area (Å²) in [5.74, 6) is -1.07. The quantitative estimate of drug-likeness (QED) is 0.152. The third-order valence-electron chi connectivity index (χ3n) is 6.72. The molecule has 1 saturated heterocycles. The van der Waals surface area contributed by atoms with Crippen molar-refractivity contribution in [3.63, 3.8) is 0 Å². The van der Waals surface area contributed by atoms with E-state index in [4.69, 9.17) is 19.9 Å². The molecule has 0 spiro atoms. The molecule has 1 heterocycles. The predicted octanol–water partition coefficient (Wildman–Crippen LogP) is 1.96. The Bertz CT molecular complexity index is 956. The molecule has 234 valence electrons.